The van der Waals surface area contributed by atoms with Gasteiger partial charge in [0.05, 0.1) is 0 Å². The summed E-state index contributed by atoms with van der Waals surface area (Å²) in [6.45, 7) is 0. The van der Waals surface area contributed by atoms with Crippen LogP contribution in [-0.4, -0.2) is 20.6 Å². The molecular formula is C9H6Br2O3. The van der Waals surface area contributed by atoms with E-state index >= 15 is 0 Å². The number of carbonyl (C=O) groups is 2. The van der Waals surface area contributed by atoms with E-state index in [4.69, 9.17) is 4.74 Å². The predicted octanol–water partition coefficient (Wildman–Crippen LogP) is 1.54. The second-order valence-corrected chi connectivity index (χ2v) is 6.44. The largest absolute Gasteiger partial charge is 0.391 e. The molecule has 0 aromatic heterocycles. The van der Waals surface area contributed by atoms with Gasteiger partial charge in [-0.05, 0) is 6.42 Å². The summed E-state index contributed by atoms with van der Waals surface area (Å²) in [6.07, 6.45) is 4.80. The van der Waals surface area contributed by atoms with Crippen LogP contribution < -0.4 is 0 Å². The zero-order valence-corrected chi connectivity index (χ0v) is 10.2. The van der Waals surface area contributed by atoms with Gasteiger partial charge in [0.2, 0.25) is 0 Å². The maximum Gasteiger partial charge on any atom is 0.333 e. The van der Waals surface area contributed by atoms with Gasteiger partial charge in [-0.3, -0.25) is 0 Å². The topological polar surface area (TPSA) is 43.4 Å². The summed E-state index contributed by atoms with van der Waals surface area (Å²) in [5.41, 5.74) is 0. The molecule has 3 nitrogen and oxygen atoms in total. The molecule has 0 N–H and O–H groups in total. The number of cyclic esters (lactones) is 2. The lowest BCUT2D eigenvalue weighted by Gasteiger charge is -2.31. The van der Waals surface area contributed by atoms with Gasteiger partial charge < -0.3 is 4.74 Å². The molecule has 1 aliphatic heterocycles. The normalized spacial score (nSPS) is 53.9. The molecule has 0 amide bonds. The van der Waals surface area contributed by atoms with Crippen molar-refractivity contribution < 1.29 is 14.3 Å². The van der Waals surface area contributed by atoms with Crippen LogP contribution in [0.4, 0.5) is 0 Å². The van der Waals surface area contributed by atoms with Crippen molar-refractivity contribution in [2.75, 3.05) is 0 Å². The smallest absolute Gasteiger partial charge is 0.333 e. The maximum absolute atomic E-state index is 11.6. The van der Waals surface area contributed by atoms with Gasteiger partial charge >= 0.3 is 11.9 Å². The molecule has 0 aromatic rings. The van der Waals surface area contributed by atoms with E-state index < -0.39 is 20.6 Å². The lowest BCUT2D eigenvalue weighted by Crippen LogP contribution is -2.50. The number of ether oxygens (including phenoxy) is 1. The van der Waals surface area contributed by atoms with E-state index in [1.807, 2.05) is 12.2 Å². The summed E-state index contributed by atoms with van der Waals surface area (Å²) in [5, 5.41) is 0. The van der Waals surface area contributed by atoms with Crippen LogP contribution in [0.3, 0.4) is 0 Å². The molecule has 1 saturated heterocycles. The van der Waals surface area contributed by atoms with E-state index in [-0.39, 0.29) is 11.8 Å². The first kappa shape index (κ1) is 9.09. The summed E-state index contributed by atoms with van der Waals surface area (Å²) in [4.78, 5) is 23.3. The number of fused-ring (bicyclic) bond motifs is 5. The summed E-state index contributed by atoms with van der Waals surface area (Å²) >= 11 is 6.80. The van der Waals surface area contributed by atoms with Gasteiger partial charge in [-0.2, -0.15) is 0 Å². The highest BCUT2D eigenvalue weighted by Gasteiger charge is 2.77. The lowest BCUT2D eigenvalue weighted by atomic mass is 9.84. The third-order valence-corrected chi connectivity index (χ3v) is 7.02. The first-order valence-electron chi connectivity index (χ1n) is 4.34. The van der Waals surface area contributed by atoms with Gasteiger partial charge in [-0.1, -0.05) is 44.0 Å². The van der Waals surface area contributed by atoms with E-state index in [1.165, 1.54) is 0 Å². The second kappa shape index (κ2) is 2.32. The molecule has 3 rings (SSSR count). The van der Waals surface area contributed by atoms with Gasteiger partial charge in [0.15, 0.2) is 8.65 Å². The van der Waals surface area contributed by atoms with Gasteiger partial charge in [-0.15, -0.1) is 0 Å². The van der Waals surface area contributed by atoms with Crippen LogP contribution in [-0.2, 0) is 14.3 Å². The Balaban J connectivity index is 2.26. The van der Waals surface area contributed by atoms with Crippen LogP contribution >= 0.6 is 31.9 Å². The van der Waals surface area contributed by atoms with Crippen molar-refractivity contribution in [3.8, 4) is 0 Å². The quantitative estimate of drug-likeness (QED) is 0.294. The van der Waals surface area contributed by atoms with Crippen LogP contribution in [0.5, 0.6) is 0 Å². The predicted molar refractivity (Wildman–Crippen MR) is 55.2 cm³/mol. The Labute approximate surface area is 97.1 Å². The Kier molecular flexibility index (Phi) is 1.51. The number of alkyl halides is 2. The molecule has 0 spiro atoms. The fraction of sp³-hybridized carbons (Fsp3) is 0.556. The van der Waals surface area contributed by atoms with Gasteiger partial charge in [0, 0.05) is 11.8 Å². The third kappa shape index (κ3) is 0.662. The van der Waals surface area contributed by atoms with Gasteiger partial charge in [0.25, 0.3) is 0 Å². The molecule has 4 atom stereocenters. The Morgan fingerprint density at radius 2 is 1.57 bits per heavy atom. The Morgan fingerprint density at radius 3 is 2.00 bits per heavy atom. The van der Waals surface area contributed by atoms with E-state index in [0.717, 1.165) is 6.42 Å². The van der Waals surface area contributed by atoms with Crippen molar-refractivity contribution in [3.63, 3.8) is 0 Å². The summed E-state index contributed by atoms with van der Waals surface area (Å²) in [7, 11) is 0. The fourth-order valence-electron chi connectivity index (χ4n) is 2.66. The number of hydrogen-bond donors (Lipinski definition) is 0. The zero-order chi connectivity index (χ0) is 10.1. The fourth-order valence-corrected chi connectivity index (χ4v) is 4.41. The van der Waals surface area contributed by atoms with E-state index in [0.29, 0.717) is 0 Å². The first-order chi connectivity index (χ1) is 6.51. The van der Waals surface area contributed by atoms with Crippen molar-refractivity contribution in [2.24, 2.45) is 11.8 Å². The average Bonchev–Trinajstić information content (AvgIpc) is 2.73. The molecule has 1 saturated carbocycles. The van der Waals surface area contributed by atoms with Crippen molar-refractivity contribution in [1.82, 2.24) is 0 Å². The second-order valence-electron chi connectivity index (χ2n) is 3.93. The molecule has 1 heterocycles. The van der Waals surface area contributed by atoms with Crippen molar-refractivity contribution in [2.45, 2.75) is 15.1 Å². The minimum atomic E-state index is -0.878. The molecular weight excluding hydrogens is 316 g/mol. The van der Waals surface area contributed by atoms with Crippen molar-refractivity contribution in [3.05, 3.63) is 12.2 Å². The SMILES string of the molecule is O=C1OC(=O)[C@@]2(Br)[C@H]3C=C[C@@H](C3)[C@]12Br. The van der Waals surface area contributed by atoms with Crippen molar-refractivity contribution in [1.29, 1.82) is 0 Å². The molecule has 0 unspecified atom stereocenters. The third-order valence-electron chi connectivity index (χ3n) is 3.41. The molecule has 5 heteroatoms. The highest BCUT2D eigenvalue weighted by Crippen LogP contribution is 2.65. The maximum atomic E-state index is 11.6. The van der Waals surface area contributed by atoms with Gasteiger partial charge in [0.1, 0.15) is 0 Å². The number of halogens is 2. The molecule has 0 radical (unpaired) electrons. The van der Waals surface area contributed by atoms with Crippen LogP contribution in [0.2, 0.25) is 0 Å². The zero-order valence-electron chi connectivity index (χ0n) is 7.00. The molecule has 3 aliphatic rings. The monoisotopic (exact) mass is 320 g/mol. The minimum Gasteiger partial charge on any atom is -0.391 e. The summed E-state index contributed by atoms with van der Waals surface area (Å²) < 4.78 is 2.95. The number of esters is 2. The number of rotatable bonds is 0. The molecule has 14 heavy (non-hydrogen) atoms. The summed E-state index contributed by atoms with van der Waals surface area (Å²) in [5.74, 6) is -0.802. The minimum absolute atomic E-state index is 0.0609. The van der Waals surface area contributed by atoms with Gasteiger partial charge in [-0.25, -0.2) is 9.59 Å². The van der Waals surface area contributed by atoms with Crippen LogP contribution in [0, 0.1) is 11.8 Å². The number of allylic oxidation sites excluding steroid dienone is 2. The standard InChI is InChI=1S/C9H6Br2O3/c10-8-4-1-2-5(3-4)9(8,11)7(13)14-6(8)12/h1-2,4-5H,3H2/t4-,5-,8-,9-/m0/s1. The van der Waals surface area contributed by atoms with E-state index in [9.17, 15) is 9.59 Å². The first-order valence-corrected chi connectivity index (χ1v) is 5.92. The molecule has 0 aromatic carbocycles. The molecule has 74 valence electrons. The van der Waals surface area contributed by atoms with Crippen molar-refractivity contribution >= 4 is 43.8 Å². The molecule has 2 aliphatic carbocycles. The van der Waals surface area contributed by atoms with Crippen LogP contribution in [0.1, 0.15) is 6.42 Å². The number of carbonyl (C=O) groups excluding carboxylic acids is 2. The van der Waals surface area contributed by atoms with E-state index in [2.05, 4.69) is 31.9 Å². The molecule has 2 fully saturated rings. The lowest BCUT2D eigenvalue weighted by molar-refractivity contribution is -0.153. The Hall–Kier alpha value is -0.160. The average molecular weight is 322 g/mol. The van der Waals surface area contributed by atoms with E-state index in [1.54, 1.807) is 0 Å². The highest BCUT2D eigenvalue weighted by molar-refractivity contribution is 9.13. The number of hydrogen-bond acceptors (Lipinski definition) is 3. The summed E-state index contributed by atoms with van der Waals surface area (Å²) in [6, 6.07) is 0. The highest BCUT2D eigenvalue weighted by atomic mass is 79.9. The van der Waals surface area contributed by atoms with Crippen LogP contribution in [0.25, 0.3) is 0 Å². The van der Waals surface area contributed by atoms with Crippen LogP contribution in [0.15, 0.2) is 12.2 Å². The molecule has 2 bridgehead atoms. The Morgan fingerprint density at radius 1 is 1.14 bits per heavy atom. The Bertz CT molecular complexity index is 358.